The van der Waals surface area contributed by atoms with E-state index in [2.05, 4.69) is 33.9 Å². The summed E-state index contributed by atoms with van der Waals surface area (Å²) < 4.78 is 11.6. The molecule has 8 heteroatoms. The van der Waals surface area contributed by atoms with Gasteiger partial charge in [0.15, 0.2) is 5.70 Å². The Balaban J connectivity index is 2.11. The van der Waals surface area contributed by atoms with Gasteiger partial charge in [-0.2, -0.15) is 0 Å². The number of benzene rings is 1. The Morgan fingerprint density at radius 3 is 2.38 bits per heavy atom. The number of amides is 1. The summed E-state index contributed by atoms with van der Waals surface area (Å²) >= 11 is 6.07. The molecule has 6 nitrogen and oxygen atoms in total. The van der Waals surface area contributed by atoms with E-state index < -0.39 is 14.3 Å². The van der Waals surface area contributed by atoms with Crippen LogP contribution in [0.1, 0.15) is 45.2 Å². The number of esters is 1. The van der Waals surface area contributed by atoms with Crippen LogP contribution in [0.3, 0.4) is 0 Å². The normalized spacial score (nSPS) is 20.7. The predicted molar refractivity (Wildman–Crippen MR) is 114 cm³/mol. The van der Waals surface area contributed by atoms with Crippen LogP contribution in [0.4, 0.5) is 0 Å². The minimum absolute atomic E-state index is 0.0524. The molecule has 2 heterocycles. The molecular formula is C21H29ClN2O4Si. The fourth-order valence-corrected chi connectivity index (χ4v) is 4.65. The van der Waals surface area contributed by atoms with E-state index in [9.17, 15) is 9.59 Å². The van der Waals surface area contributed by atoms with Gasteiger partial charge in [-0.3, -0.25) is 4.79 Å². The fourth-order valence-electron chi connectivity index (χ4n) is 3.43. The summed E-state index contributed by atoms with van der Waals surface area (Å²) in [6.45, 7) is 11.2. The van der Waals surface area contributed by atoms with E-state index in [0.29, 0.717) is 30.2 Å². The van der Waals surface area contributed by atoms with Gasteiger partial charge in [-0.05, 0) is 35.8 Å². The first-order chi connectivity index (χ1) is 13.5. The molecule has 0 bridgehead atoms. The molecule has 1 fully saturated rings. The van der Waals surface area contributed by atoms with Gasteiger partial charge in [0.2, 0.25) is 14.2 Å². The number of hydrazine groups is 1. The second-order valence-corrected chi connectivity index (χ2v) is 14.2. The van der Waals surface area contributed by atoms with Crippen molar-refractivity contribution in [1.29, 1.82) is 0 Å². The van der Waals surface area contributed by atoms with Crippen molar-refractivity contribution in [3.8, 4) is 0 Å². The zero-order valence-corrected chi connectivity index (χ0v) is 19.7. The Morgan fingerprint density at radius 1 is 1.21 bits per heavy atom. The minimum atomic E-state index is -2.24. The van der Waals surface area contributed by atoms with E-state index in [1.165, 1.54) is 12.1 Å². The molecule has 1 amide bonds. The second-order valence-electron chi connectivity index (χ2n) is 9.02. The first-order valence-corrected chi connectivity index (χ1v) is 13.1. The summed E-state index contributed by atoms with van der Waals surface area (Å²) in [4.78, 5) is 25.5. The number of methoxy groups -OCH3 is 1. The highest BCUT2D eigenvalue weighted by Crippen LogP contribution is 2.45. The Bertz CT molecular complexity index is 845. The number of nitrogens with zero attached hydrogens (tertiary/aromatic N) is 2. The lowest BCUT2D eigenvalue weighted by Crippen LogP contribution is -2.49. The first kappa shape index (κ1) is 21.9. The van der Waals surface area contributed by atoms with Crippen molar-refractivity contribution in [2.45, 2.75) is 57.8 Å². The molecule has 3 rings (SSSR count). The summed E-state index contributed by atoms with van der Waals surface area (Å²) in [6.07, 6.45) is 0.834. The van der Waals surface area contributed by atoms with Gasteiger partial charge in [0.25, 0.3) is 0 Å². The minimum Gasteiger partial charge on any atom is -0.545 e. The maximum Gasteiger partial charge on any atom is 0.359 e. The number of hydrogen-bond acceptors (Lipinski definition) is 5. The van der Waals surface area contributed by atoms with E-state index in [-0.39, 0.29) is 22.7 Å². The van der Waals surface area contributed by atoms with Gasteiger partial charge in [0, 0.05) is 24.4 Å². The van der Waals surface area contributed by atoms with Crippen molar-refractivity contribution in [1.82, 2.24) is 10.0 Å². The van der Waals surface area contributed by atoms with Crippen LogP contribution >= 0.6 is 11.6 Å². The van der Waals surface area contributed by atoms with Crippen LogP contribution < -0.4 is 0 Å². The molecule has 0 N–H and O–H groups in total. The highest BCUT2D eigenvalue weighted by atomic mass is 35.5. The molecule has 158 valence electrons. The van der Waals surface area contributed by atoms with E-state index >= 15 is 0 Å². The Morgan fingerprint density at radius 2 is 1.83 bits per heavy atom. The Labute approximate surface area is 178 Å². The lowest BCUT2D eigenvalue weighted by molar-refractivity contribution is -0.151. The van der Waals surface area contributed by atoms with Crippen molar-refractivity contribution < 1.29 is 18.8 Å². The molecule has 2 aliphatic heterocycles. The lowest BCUT2D eigenvalue weighted by atomic mass is 9.99. The highest BCUT2D eigenvalue weighted by Gasteiger charge is 2.48. The number of fused-ring (bicyclic) bond motifs is 1. The SMILES string of the molecule is COC(=O)C1=C(O[Si](C)(C)C(C)(C)C)C[C@@H](c2ccc(Cl)cc2)N2CCC(=O)N12. The fraction of sp³-hybridized carbons (Fsp3) is 0.524. The second kappa shape index (κ2) is 7.78. The summed E-state index contributed by atoms with van der Waals surface area (Å²) in [5.74, 6) is -0.135. The van der Waals surface area contributed by atoms with E-state index in [4.69, 9.17) is 20.8 Å². The van der Waals surface area contributed by atoms with E-state index in [1.54, 1.807) is 0 Å². The first-order valence-electron chi connectivity index (χ1n) is 9.81. The average Bonchev–Trinajstić information content (AvgIpc) is 3.02. The standard InChI is InChI=1S/C21H29ClN2O4Si/c1-21(2,3)29(5,6)28-17-13-16(14-7-9-15(22)10-8-14)23-12-11-18(25)24(23)19(17)20(26)27-4/h7-10,16H,11-13H2,1-6H3/t16-/m0/s1. The zero-order chi connectivity index (χ0) is 21.6. The highest BCUT2D eigenvalue weighted by molar-refractivity contribution is 6.74. The van der Waals surface area contributed by atoms with Crippen LogP contribution in [0, 0.1) is 0 Å². The summed E-state index contributed by atoms with van der Waals surface area (Å²) in [5.41, 5.74) is 1.24. The van der Waals surface area contributed by atoms with Gasteiger partial charge < -0.3 is 9.16 Å². The molecule has 29 heavy (non-hydrogen) atoms. The van der Waals surface area contributed by atoms with E-state index in [1.807, 2.05) is 29.3 Å². The van der Waals surface area contributed by atoms with Crippen molar-refractivity contribution in [2.75, 3.05) is 13.7 Å². The van der Waals surface area contributed by atoms with Crippen molar-refractivity contribution in [3.05, 3.63) is 46.3 Å². The molecular weight excluding hydrogens is 408 g/mol. The quantitative estimate of drug-likeness (QED) is 0.508. The van der Waals surface area contributed by atoms with Gasteiger partial charge >= 0.3 is 5.97 Å². The smallest absolute Gasteiger partial charge is 0.359 e. The Hall–Kier alpha value is -1.83. The van der Waals surface area contributed by atoms with Crippen molar-refractivity contribution >= 4 is 31.8 Å². The average molecular weight is 437 g/mol. The van der Waals surface area contributed by atoms with Gasteiger partial charge in [0.1, 0.15) is 5.76 Å². The van der Waals surface area contributed by atoms with Crippen LogP contribution in [-0.4, -0.2) is 43.9 Å². The molecule has 0 aromatic heterocycles. The van der Waals surface area contributed by atoms with Crippen LogP contribution in [0.5, 0.6) is 0 Å². The summed E-state index contributed by atoms with van der Waals surface area (Å²) in [5, 5.41) is 4.01. The number of rotatable bonds is 4. The molecule has 2 aliphatic rings. The third-order valence-electron chi connectivity index (χ3n) is 6.08. The number of hydrogen-bond donors (Lipinski definition) is 0. The molecule has 1 aromatic carbocycles. The molecule has 1 saturated heterocycles. The predicted octanol–water partition coefficient (Wildman–Crippen LogP) is 4.64. The van der Waals surface area contributed by atoms with Gasteiger partial charge in [-0.1, -0.05) is 44.5 Å². The van der Waals surface area contributed by atoms with Crippen molar-refractivity contribution in [2.24, 2.45) is 0 Å². The maximum atomic E-state index is 12.8. The molecule has 0 spiro atoms. The number of carbonyl (C=O) groups is 2. The molecule has 1 aromatic rings. The van der Waals surface area contributed by atoms with Gasteiger partial charge in [-0.25, -0.2) is 14.8 Å². The molecule has 1 atom stereocenters. The molecule has 0 unspecified atom stereocenters. The van der Waals surface area contributed by atoms with Crippen LogP contribution in [0.15, 0.2) is 35.7 Å². The number of ether oxygens (including phenoxy) is 1. The monoisotopic (exact) mass is 436 g/mol. The number of carbonyl (C=O) groups excluding carboxylic acids is 2. The lowest BCUT2D eigenvalue weighted by Gasteiger charge is -2.44. The largest absolute Gasteiger partial charge is 0.545 e. The zero-order valence-electron chi connectivity index (χ0n) is 17.9. The van der Waals surface area contributed by atoms with Crippen LogP contribution in [0.25, 0.3) is 0 Å². The van der Waals surface area contributed by atoms with Crippen LogP contribution in [-0.2, 0) is 18.8 Å². The molecule has 0 radical (unpaired) electrons. The molecule has 0 aliphatic carbocycles. The summed E-state index contributed by atoms with van der Waals surface area (Å²) in [7, 11) is -0.913. The third-order valence-corrected chi connectivity index (χ3v) is 10.7. The van der Waals surface area contributed by atoms with Crippen LogP contribution in [0.2, 0.25) is 23.2 Å². The summed E-state index contributed by atoms with van der Waals surface area (Å²) in [6, 6.07) is 7.48. The molecule has 0 saturated carbocycles. The van der Waals surface area contributed by atoms with E-state index in [0.717, 1.165) is 5.56 Å². The maximum absolute atomic E-state index is 12.8. The van der Waals surface area contributed by atoms with Crippen molar-refractivity contribution in [3.63, 3.8) is 0 Å². The Kier molecular flexibility index (Phi) is 5.86. The topological polar surface area (TPSA) is 59.1 Å². The van der Waals surface area contributed by atoms with Gasteiger partial charge in [0.05, 0.1) is 13.2 Å². The number of halogens is 1. The third kappa shape index (κ3) is 4.08. The van der Waals surface area contributed by atoms with Gasteiger partial charge in [-0.15, -0.1) is 0 Å².